The molecule has 94 heavy (non-hydrogen) atoms. The van der Waals surface area contributed by atoms with Crippen LogP contribution in [0.3, 0.4) is 0 Å². The zero-order chi connectivity index (χ0) is 68.9. The van der Waals surface area contributed by atoms with Crippen molar-refractivity contribution in [1.29, 1.82) is 0 Å². The lowest BCUT2D eigenvalue weighted by Gasteiger charge is -2.49. The van der Waals surface area contributed by atoms with Crippen LogP contribution in [0, 0.1) is 0 Å². The third-order valence-corrected chi connectivity index (χ3v) is 18.8. The molecule has 3 fully saturated rings. The predicted molar refractivity (Wildman–Crippen MR) is 351 cm³/mol. The Balaban J connectivity index is 1.77. The van der Waals surface area contributed by atoms with Gasteiger partial charge < -0.3 is 89.1 Å². The van der Waals surface area contributed by atoms with Gasteiger partial charge >= 0.3 is 25.7 Å². The first-order valence-electron chi connectivity index (χ1n) is 36.2. The highest BCUT2D eigenvalue weighted by Crippen LogP contribution is 2.49. The topological polar surface area (TPSA) is 374 Å². The fraction of sp³-hybridized carbons (Fsp3) is 0.899. The number of esters is 3. The van der Waals surface area contributed by atoms with E-state index >= 15 is 0 Å². The summed E-state index contributed by atoms with van der Waals surface area (Å²) in [5.41, 5.74) is 0. The molecule has 18 atom stereocenters. The van der Waals surface area contributed by atoms with Gasteiger partial charge in [-0.1, -0.05) is 244 Å². The van der Waals surface area contributed by atoms with Crippen LogP contribution in [-0.2, 0) is 61.2 Å². The van der Waals surface area contributed by atoms with Gasteiger partial charge in [0.1, 0.15) is 98.7 Å². The number of unbranched alkanes of at least 4 members (excludes halogenated alkanes) is 33. The molecule has 1 saturated carbocycles. The van der Waals surface area contributed by atoms with Crippen LogP contribution in [0.2, 0.25) is 0 Å². The van der Waals surface area contributed by atoms with Crippen molar-refractivity contribution in [1.82, 2.24) is 0 Å². The molecule has 11 N–H and O–H groups in total. The highest BCUT2D eigenvalue weighted by molar-refractivity contribution is 7.47. The number of aliphatic hydroxyl groups is 10. The molecule has 550 valence electrons. The van der Waals surface area contributed by atoms with Crippen molar-refractivity contribution in [3.8, 4) is 0 Å². The number of rotatable bonds is 55. The van der Waals surface area contributed by atoms with Crippen molar-refractivity contribution >= 4 is 25.7 Å². The maximum atomic E-state index is 14.3. The molecule has 3 rings (SSSR count). The summed E-state index contributed by atoms with van der Waals surface area (Å²) in [6.07, 6.45) is 10.5. The maximum absolute atomic E-state index is 14.3. The van der Waals surface area contributed by atoms with E-state index in [0.717, 1.165) is 96.0 Å². The van der Waals surface area contributed by atoms with Crippen LogP contribution >= 0.6 is 7.82 Å². The third-order valence-electron chi connectivity index (χ3n) is 17.8. The van der Waals surface area contributed by atoms with Crippen LogP contribution in [0.1, 0.15) is 265 Å². The Morgan fingerprint density at radius 1 is 0.436 bits per heavy atom. The molecule has 0 amide bonds. The third kappa shape index (κ3) is 35.0. The molecule has 2 saturated heterocycles. The van der Waals surface area contributed by atoms with Gasteiger partial charge in [0.25, 0.3) is 0 Å². The first-order valence-corrected chi connectivity index (χ1v) is 37.7. The summed E-state index contributed by atoms with van der Waals surface area (Å²) in [5, 5.41) is 110. The van der Waals surface area contributed by atoms with Gasteiger partial charge in [0, 0.05) is 18.9 Å². The van der Waals surface area contributed by atoms with Crippen LogP contribution < -0.4 is 0 Å². The number of carbonyl (C=O) groups is 3. The van der Waals surface area contributed by atoms with Crippen molar-refractivity contribution in [3.05, 3.63) is 24.3 Å². The van der Waals surface area contributed by atoms with Gasteiger partial charge in [0.15, 0.2) is 18.7 Å². The van der Waals surface area contributed by atoms with Crippen LogP contribution in [0.5, 0.6) is 0 Å². The van der Waals surface area contributed by atoms with Crippen LogP contribution in [-0.4, -0.2) is 204 Å². The van der Waals surface area contributed by atoms with Crippen molar-refractivity contribution in [2.75, 3.05) is 26.4 Å². The number of phosphoric ester groups is 1. The molecule has 0 spiro atoms. The van der Waals surface area contributed by atoms with Crippen LogP contribution in [0.25, 0.3) is 0 Å². The van der Waals surface area contributed by atoms with E-state index in [1.54, 1.807) is 6.08 Å². The summed E-state index contributed by atoms with van der Waals surface area (Å²) < 4.78 is 64.7. The summed E-state index contributed by atoms with van der Waals surface area (Å²) in [7, 11) is -5.71. The van der Waals surface area contributed by atoms with Crippen LogP contribution in [0.4, 0.5) is 0 Å². The van der Waals surface area contributed by atoms with Gasteiger partial charge in [0.2, 0.25) is 0 Å². The second-order valence-corrected chi connectivity index (χ2v) is 27.4. The Kier molecular flexibility index (Phi) is 47.0. The number of hydrogen-bond acceptors (Lipinski definition) is 23. The number of allylic oxidation sites excluding steroid dienone is 3. The van der Waals surface area contributed by atoms with Gasteiger partial charge in [0.05, 0.1) is 13.2 Å². The Morgan fingerprint density at radius 3 is 1.26 bits per heavy atom. The Morgan fingerprint density at radius 2 is 0.819 bits per heavy atom. The standard InChI is InChI=1S/C69H125O24P/c1-4-7-10-13-16-19-22-25-26-27-30-32-34-37-40-43-53(71)85-47-50(88-55(73)45-42-39-36-33-29-24-21-18-15-12-9-6-3)48-87-94(83,84)93-67-65(91-68-63(81)58(76)56(74)51(46-70)89-68)61(79)60(78)62(80)66(67)92-69-64(82)59(77)57(75)52(90-69)49-86-54(72)44-41-38-35-31-28-23-20-17-14-11-8-5-2/h34,37,40,43,50-52,56-70,74-82H,4-33,35-36,38-39,41-42,44-49H2,1-3H3,(H,83,84)/b37-34+,43-40+. The van der Waals surface area contributed by atoms with E-state index in [2.05, 4.69) is 20.8 Å². The van der Waals surface area contributed by atoms with Gasteiger partial charge in [-0.3, -0.25) is 18.6 Å². The molecule has 0 aromatic heterocycles. The number of phosphoric acid groups is 1. The quantitative estimate of drug-likeness (QED) is 0.00675. The lowest BCUT2D eigenvalue weighted by molar-refractivity contribution is -0.360. The van der Waals surface area contributed by atoms with Crippen molar-refractivity contribution in [3.63, 3.8) is 0 Å². The molecule has 1 aliphatic carbocycles. The molecule has 2 aliphatic heterocycles. The van der Waals surface area contributed by atoms with E-state index in [4.69, 9.17) is 42.2 Å². The largest absolute Gasteiger partial charge is 0.472 e. The predicted octanol–water partition coefficient (Wildman–Crippen LogP) is 8.96. The minimum Gasteiger partial charge on any atom is -0.463 e. The molecule has 24 nitrogen and oxygen atoms in total. The van der Waals surface area contributed by atoms with Crippen molar-refractivity contribution in [2.45, 2.75) is 369 Å². The monoisotopic (exact) mass is 1370 g/mol. The average molecular weight is 1370 g/mol. The van der Waals surface area contributed by atoms with E-state index in [0.29, 0.717) is 12.8 Å². The molecule has 0 radical (unpaired) electrons. The molecule has 0 aromatic carbocycles. The molecule has 2 heterocycles. The Hall–Kier alpha value is -2.56. The second-order valence-electron chi connectivity index (χ2n) is 26.0. The fourth-order valence-corrected chi connectivity index (χ4v) is 12.9. The number of ether oxygens (including phenoxy) is 7. The Labute approximate surface area is 560 Å². The zero-order valence-electron chi connectivity index (χ0n) is 57.0. The van der Waals surface area contributed by atoms with Gasteiger partial charge in [-0.05, 0) is 25.7 Å². The first kappa shape index (κ1) is 85.7. The SMILES string of the molecule is CCCCCCCCCCCCC/C=C/C=C/C(=O)OCC(COP(=O)(O)OC1C(OC2OC(CO)C(O)C(O)C2O)C(O)C(O)C(O)C1OC1OC(COC(=O)CCCCCCCCCCCCCC)C(O)C(O)C1O)OC(=O)CCCCCCCCCCCCCC. The second kappa shape index (κ2) is 51.6. The molecular formula is C69H125O24P. The van der Waals surface area contributed by atoms with Gasteiger partial charge in [-0.2, -0.15) is 0 Å². The highest BCUT2D eigenvalue weighted by Gasteiger charge is 2.58. The van der Waals surface area contributed by atoms with E-state index in [9.17, 15) is 74.9 Å². The molecule has 25 heteroatoms. The lowest BCUT2D eigenvalue weighted by atomic mass is 9.84. The first-order chi connectivity index (χ1) is 45.3. The van der Waals surface area contributed by atoms with Gasteiger partial charge in [-0.25, -0.2) is 9.36 Å². The molecule has 3 aliphatic rings. The summed E-state index contributed by atoms with van der Waals surface area (Å²) in [4.78, 5) is 50.7. The highest BCUT2D eigenvalue weighted by atomic mass is 31.2. The summed E-state index contributed by atoms with van der Waals surface area (Å²) in [5.74, 6) is -2.24. The minimum atomic E-state index is -5.71. The normalized spacial score (nSPS) is 28.4. The van der Waals surface area contributed by atoms with Crippen LogP contribution in [0.15, 0.2) is 24.3 Å². The molecular weight excluding hydrogens is 1240 g/mol. The maximum Gasteiger partial charge on any atom is 0.472 e. The van der Waals surface area contributed by atoms with Gasteiger partial charge in [-0.15, -0.1) is 0 Å². The summed E-state index contributed by atoms with van der Waals surface area (Å²) >= 11 is 0. The lowest BCUT2D eigenvalue weighted by Crippen LogP contribution is -2.69. The smallest absolute Gasteiger partial charge is 0.463 e. The zero-order valence-corrected chi connectivity index (χ0v) is 57.9. The van der Waals surface area contributed by atoms with E-state index in [-0.39, 0.29) is 12.8 Å². The average Bonchev–Trinajstić information content (AvgIpc) is 0.764. The summed E-state index contributed by atoms with van der Waals surface area (Å²) in [6, 6.07) is 0. The van der Waals surface area contributed by atoms with Crippen molar-refractivity contribution < 1.29 is 117 Å². The molecule has 18 unspecified atom stereocenters. The summed E-state index contributed by atoms with van der Waals surface area (Å²) in [6.45, 7) is 3.30. The number of aliphatic hydroxyl groups excluding tert-OH is 10. The van der Waals surface area contributed by atoms with Crippen molar-refractivity contribution in [2.24, 2.45) is 0 Å². The number of hydrogen-bond donors (Lipinski definition) is 11. The van der Waals surface area contributed by atoms with E-state index in [1.165, 1.54) is 134 Å². The fourth-order valence-electron chi connectivity index (χ4n) is 11.9. The Bertz CT molecular complexity index is 2050. The van der Waals surface area contributed by atoms with E-state index < -0.39 is 156 Å². The van der Waals surface area contributed by atoms with E-state index in [1.807, 2.05) is 6.08 Å². The minimum absolute atomic E-state index is 0.0283. The molecule has 0 bridgehead atoms. The molecule has 0 aromatic rings. The number of carbonyl (C=O) groups excluding carboxylic acids is 3.